The smallest absolute Gasteiger partial charge is 0.120 e. The molecule has 0 spiro atoms. The van der Waals surface area contributed by atoms with Crippen molar-refractivity contribution in [2.45, 2.75) is 12.6 Å². The Bertz CT molecular complexity index is 214. The standard InChI is InChI=1S/C7H13N5/c1-2-9-7(8-1)5-10-6-3-11-12-4-6/h1-2,6,10-12H,3-5H2,(H,8,9). The molecule has 0 aliphatic carbocycles. The summed E-state index contributed by atoms with van der Waals surface area (Å²) in [5.41, 5.74) is 6.12. The summed E-state index contributed by atoms with van der Waals surface area (Å²) >= 11 is 0. The van der Waals surface area contributed by atoms with E-state index in [0.717, 1.165) is 25.5 Å². The highest BCUT2D eigenvalue weighted by atomic mass is 15.4. The molecular weight excluding hydrogens is 154 g/mol. The zero-order chi connectivity index (χ0) is 8.23. The summed E-state index contributed by atoms with van der Waals surface area (Å²) in [5.74, 6) is 0.988. The van der Waals surface area contributed by atoms with E-state index in [-0.39, 0.29) is 0 Å². The summed E-state index contributed by atoms with van der Waals surface area (Å²) in [6.07, 6.45) is 3.60. The van der Waals surface area contributed by atoms with Crippen molar-refractivity contribution in [2.24, 2.45) is 0 Å². The molecule has 0 saturated carbocycles. The van der Waals surface area contributed by atoms with E-state index in [1.807, 2.05) is 6.20 Å². The molecule has 0 aromatic carbocycles. The van der Waals surface area contributed by atoms with E-state index in [9.17, 15) is 0 Å². The van der Waals surface area contributed by atoms with Gasteiger partial charge in [-0.2, -0.15) is 0 Å². The summed E-state index contributed by atoms with van der Waals surface area (Å²) in [4.78, 5) is 7.16. The van der Waals surface area contributed by atoms with Crippen molar-refractivity contribution >= 4 is 0 Å². The molecule has 0 bridgehead atoms. The molecule has 5 heteroatoms. The Balaban J connectivity index is 1.74. The zero-order valence-corrected chi connectivity index (χ0v) is 6.80. The number of hydrogen-bond acceptors (Lipinski definition) is 4. The van der Waals surface area contributed by atoms with Gasteiger partial charge in [0.05, 0.1) is 6.54 Å². The average molecular weight is 167 g/mol. The van der Waals surface area contributed by atoms with E-state index in [1.54, 1.807) is 6.20 Å². The topological polar surface area (TPSA) is 64.8 Å². The van der Waals surface area contributed by atoms with E-state index in [2.05, 4.69) is 26.1 Å². The van der Waals surface area contributed by atoms with Crippen molar-refractivity contribution in [3.8, 4) is 0 Å². The SMILES string of the molecule is c1c[nH]c(CNC2CNNC2)n1. The summed E-state index contributed by atoms with van der Waals surface area (Å²) < 4.78 is 0. The highest BCUT2D eigenvalue weighted by Gasteiger charge is 2.12. The van der Waals surface area contributed by atoms with Gasteiger partial charge in [0, 0.05) is 31.5 Å². The lowest BCUT2D eigenvalue weighted by Gasteiger charge is -2.07. The number of imidazole rings is 1. The Kier molecular flexibility index (Phi) is 2.36. The van der Waals surface area contributed by atoms with Crippen molar-refractivity contribution in [1.82, 2.24) is 26.1 Å². The van der Waals surface area contributed by atoms with Crippen LogP contribution in [0.25, 0.3) is 0 Å². The van der Waals surface area contributed by atoms with Crippen LogP contribution in [-0.2, 0) is 6.54 Å². The second kappa shape index (κ2) is 3.66. The fraction of sp³-hybridized carbons (Fsp3) is 0.571. The number of aromatic nitrogens is 2. The number of nitrogens with zero attached hydrogens (tertiary/aromatic N) is 1. The lowest BCUT2D eigenvalue weighted by Crippen LogP contribution is -2.33. The minimum Gasteiger partial charge on any atom is -0.348 e. The van der Waals surface area contributed by atoms with Crippen LogP contribution in [0.15, 0.2) is 12.4 Å². The van der Waals surface area contributed by atoms with Crippen LogP contribution < -0.4 is 16.2 Å². The third kappa shape index (κ3) is 1.82. The van der Waals surface area contributed by atoms with Gasteiger partial charge in [0.25, 0.3) is 0 Å². The van der Waals surface area contributed by atoms with Gasteiger partial charge in [-0.3, -0.25) is 10.9 Å². The normalized spacial score (nSPS) is 18.7. The monoisotopic (exact) mass is 167 g/mol. The average Bonchev–Trinajstić information content (AvgIpc) is 2.74. The maximum Gasteiger partial charge on any atom is 0.120 e. The van der Waals surface area contributed by atoms with Crippen molar-refractivity contribution in [3.05, 3.63) is 18.2 Å². The van der Waals surface area contributed by atoms with E-state index >= 15 is 0 Å². The molecule has 1 fully saturated rings. The second-order valence-electron chi connectivity index (χ2n) is 2.88. The van der Waals surface area contributed by atoms with Gasteiger partial charge in [0.2, 0.25) is 0 Å². The molecule has 0 radical (unpaired) electrons. The maximum absolute atomic E-state index is 4.12. The largest absolute Gasteiger partial charge is 0.348 e. The Morgan fingerprint density at radius 1 is 1.50 bits per heavy atom. The number of hydrogen-bond donors (Lipinski definition) is 4. The van der Waals surface area contributed by atoms with Crippen LogP contribution in [0.2, 0.25) is 0 Å². The molecule has 0 atom stereocenters. The van der Waals surface area contributed by atoms with Crippen molar-refractivity contribution < 1.29 is 0 Å². The first-order valence-corrected chi connectivity index (χ1v) is 4.12. The zero-order valence-electron chi connectivity index (χ0n) is 6.80. The van der Waals surface area contributed by atoms with Gasteiger partial charge in [-0.1, -0.05) is 0 Å². The Morgan fingerprint density at radius 3 is 3.00 bits per heavy atom. The third-order valence-electron chi connectivity index (χ3n) is 1.93. The first kappa shape index (κ1) is 7.72. The van der Waals surface area contributed by atoms with E-state index in [4.69, 9.17) is 0 Å². The van der Waals surface area contributed by atoms with E-state index in [1.165, 1.54) is 0 Å². The highest BCUT2D eigenvalue weighted by Crippen LogP contribution is 1.90. The molecule has 1 aromatic heterocycles. The third-order valence-corrected chi connectivity index (χ3v) is 1.93. The molecule has 2 rings (SSSR count). The summed E-state index contributed by atoms with van der Waals surface area (Å²) in [6, 6.07) is 0.509. The number of nitrogens with one attached hydrogen (secondary N) is 4. The molecule has 66 valence electrons. The Hall–Kier alpha value is -0.910. The van der Waals surface area contributed by atoms with Crippen LogP contribution in [0.5, 0.6) is 0 Å². The summed E-state index contributed by atoms with van der Waals surface area (Å²) in [5, 5.41) is 3.37. The van der Waals surface area contributed by atoms with Crippen molar-refractivity contribution in [3.63, 3.8) is 0 Å². The lowest BCUT2D eigenvalue weighted by atomic mass is 10.3. The molecule has 0 amide bonds. The van der Waals surface area contributed by atoms with Crippen LogP contribution in [0.4, 0.5) is 0 Å². The van der Waals surface area contributed by atoms with Crippen LogP contribution in [0.3, 0.4) is 0 Å². The second-order valence-corrected chi connectivity index (χ2v) is 2.88. The number of H-pyrrole nitrogens is 1. The lowest BCUT2D eigenvalue weighted by molar-refractivity contribution is 0.554. The minimum atomic E-state index is 0.509. The molecule has 4 N–H and O–H groups in total. The molecule has 5 nitrogen and oxygen atoms in total. The molecule has 0 unspecified atom stereocenters. The molecule has 1 aromatic rings. The van der Waals surface area contributed by atoms with Crippen molar-refractivity contribution in [2.75, 3.05) is 13.1 Å². The van der Waals surface area contributed by atoms with Crippen LogP contribution in [0, 0.1) is 0 Å². The van der Waals surface area contributed by atoms with Crippen LogP contribution >= 0.6 is 0 Å². The summed E-state index contributed by atoms with van der Waals surface area (Å²) in [6.45, 7) is 2.75. The fourth-order valence-electron chi connectivity index (χ4n) is 1.24. The first-order valence-electron chi connectivity index (χ1n) is 4.12. The summed E-state index contributed by atoms with van der Waals surface area (Å²) in [7, 11) is 0. The van der Waals surface area contributed by atoms with Gasteiger partial charge in [-0.25, -0.2) is 4.98 Å². The quantitative estimate of drug-likeness (QED) is 0.465. The number of hydrazine groups is 1. The van der Waals surface area contributed by atoms with Gasteiger partial charge in [-0.05, 0) is 0 Å². The number of rotatable bonds is 3. The van der Waals surface area contributed by atoms with Gasteiger partial charge in [0.15, 0.2) is 0 Å². The van der Waals surface area contributed by atoms with Gasteiger partial charge in [0.1, 0.15) is 5.82 Å². The Labute approximate surface area is 70.9 Å². The fourth-order valence-corrected chi connectivity index (χ4v) is 1.24. The molecule has 1 saturated heterocycles. The highest BCUT2D eigenvalue weighted by molar-refractivity contribution is 4.88. The molecule has 2 heterocycles. The predicted molar refractivity (Wildman–Crippen MR) is 45.2 cm³/mol. The van der Waals surface area contributed by atoms with Gasteiger partial charge in [-0.15, -0.1) is 0 Å². The van der Waals surface area contributed by atoms with E-state index in [0.29, 0.717) is 6.04 Å². The van der Waals surface area contributed by atoms with Gasteiger partial charge < -0.3 is 10.3 Å². The molecule has 12 heavy (non-hydrogen) atoms. The Morgan fingerprint density at radius 2 is 2.33 bits per heavy atom. The maximum atomic E-state index is 4.12. The number of aromatic amines is 1. The first-order chi connectivity index (χ1) is 5.95. The van der Waals surface area contributed by atoms with Gasteiger partial charge >= 0.3 is 0 Å². The van der Waals surface area contributed by atoms with Crippen LogP contribution in [-0.4, -0.2) is 29.1 Å². The predicted octanol–water partition coefficient (Wildman–Crippen LogP) is -1.02. The van der Waals surface area contributed by atoms with Crippen molar-refractivity contribution in [1.29, 1.82) is 0 Å². The molecule has 1 aliphatic rings. The molecule has 1 aliphatic heterocycles. The van der Waals surface area contributed by atoms with E-state index < -0.39 is 0 Å². The molecular formula is C7H13N5. The van der Waals surface area contributed by atoms with Crippen LogP contribution in [0.1, 0.15) is 5.82 Å². The minimum absolute atomic E-state index is 0.509.